The first kappa shape index (κ1) is 14.5. The molecule has 0 unspecified atom stereocenters. The molecular formula is C12H15BrN2O3S. The summed E-state index contributed by atoms with van der Waals surface area (Å²) in [6.45, 7) is 1.14. The molecule has 1 aliphatic heterocycles. The molecule has 1 aromatic rings. The summed E-state index contributed by atoms with van der Waals surface area (Å²) in [6.07, 6.45) is 1.80. The van der Waals surface area contributed by atoms with Gasteiger partial charge in [0.2, 0.25) is 15.9 Å². The summed E-state index contributed by atoms with van der Waals surface area (Å²) in [6, 6.07) is 6.35. The van der Waals surface area contributed by atoms with Crippen LogP contribution in [-0.4, -0.2) is 37.0 Å². The first-order valence-electron chi connectivity index (χ1n) is 6.00. The molecule has 1 heterocycles. The van der Waals surface area contributed by atoms with Crippen LogP contribution in [0, 0.1) is 0 Å². The molecule has 0 spiro atoms. The zero-order valence-corrected chi connectivity index (χ0v) is 12.7. The minimum absolute atomic E-state index is 0.177. The highest BCUT2D eigenvalue weighted by Gasteiger charge is 2.27. The van der Waals surface area contributed by atoms with E-state index in [0.29, 0.717) is 18.8 Å². The normalized spacial score (nSPS) is 16.5. The molecule has 1 amide bonds. The van der Waals surface area contributed by atoms with Crippen molar-refractivity contribution in [2.75, 3.05) is 23.7 Å². The van der Waals surface area contributed by atoms with Crippen molar-refractivity contribution in [1.82, 2.24) is 4.31 Å². The molecule has 0 aliphatic carbocycles. The number of benzene rings is 1. The number of carbonyl (C=O) groups is 1. The number of rotatable bonds is 4. The van der Waals surface area contributed by atoms with Gasteiger partial charge >= 0.3 is 0 Å². The number of carbonyl (C=O) groups excluding carboxylic acids is 1. The van der Waals surface area contributed by atoms with E-state index in [2.05, 4.69) is 21.2 Å². The SMILES string of the molecule is O=C(CBr)Nc1cccc(S(=O)(=O)N2CCCC2)c1. The highest BCUT2D eigenvalue weighted by molar-refractivity contribution is 9.09. The molecule has 1 fully saturated rings. The van der Waals surface area contributed by atoms with Crippen LogP contribution in [0.3, 0.4) is 0 Å². The van der Waals surface area contributed by atoms with Crippen molar-refractivity contribution in [3.8, 4) is 0 Å². The summed E-state index contributed by atoms with van der Waals surface area (Å²) in [5, 5.41) is 2.80. The lowest BCUT2D eigenvalue weighted by molar-refractivity contribution is -0.113. The second kappa shape index (κ2) is 6.02. The fraction of sp³-hybridized carbons (Fsp3) is 0.417. The molecule has 0 atom stereocenters. The Morgan fingerprint density at radius 3 is 2.63 bits per heavy atom. The maximum Gasteiger partial charge on any atom is 0.243 e. The Labute approximate surface area is 121 Å². The Hall–Kier alpha value is -0.920. The van der Waals surface area contributed by atoms with Crippen molar-refractivity contribution in [3.63, 3.8) is 0 Å². The second-order valence-electron chi connectivity index (χ2n) is 4.32. The Bertz CT molecular complexity index is 568. The monoisotopic (exact) mass is 346 g/mol. The maximum atomic E-state index is 12.3. The molecule has 2 rings (SSSR count). The Kier molecular flexibility index (Phi) is 4.59. The van der Waals surface area contributed by atoms with Gasteiger partial charge in [-0.2, -0.15) is 4.31 Å². The fourth-order valence-corrected chi connectivity index (χ4v) is 3.71. The lowest BCUT2D eigenvalue weighted by Gasteiger charge is -2.16. The average molecular weight is 347 g/mol. The number of nitrogens with zero attached hydrogens (tertiary/aromatic N) is 1. The maximum absolute atomic E-state index is 12.3. The fourth-order valence-electron chi connectivity index (χ4n) is 2.01. The van der Waals surface area contributed by atoms with Crippen LogP contribution < -0.4 is 5.32 Å². The topological polar surface area (TPSA) is 66.5 Å². The van der Waals surface area contributed by atoms with E-state index in [-0.39, 0.29) is 16.1 Å². The summed E-state index contributed by atoms with van der Waals surface area (Å²) in [5.41, 5.74) is 0.490. The quantitative estimate of drug-likeness (QED) is 0.845. The number of alkyl halides is 1. The van der Waals surface area contributed by atoms with Crippen molar-refractivity contribution in [2.45, 2.75) is 17.7 Å². The van der Waals surface area contributed by atoms with Gasteiger partial charge in [0, 0.05) is 18.8 Å². The third-order valence-corrected chi connectivity index (χ3v) is 5.35. The van der Waals surface area contributed by atoms with E-state index in [0.717, 1.165) is 12.8 Å². The Balaban J connectivity index is 2.25. The molecular weight excluding hydrogens is 332 g/mol. The molecule has 0 bridgehead atoms. The molecule has 0 radical (unpaired) electrons. The minimum Gasteiger partial charge on any atom is -0.325 e. The highest BCUT2D eigenvalue weighted by Crippen LogP contribution is 2.23. The summed E-state index contributed by atoms with van der Waals surface area (Å²) in [5.74, 6) is -0.212. The number of hydrogen-bond donors (Lipinski definition) is 1. The predicted molar refractivity (Wildman–Crippen MR) is 76.9 cm³/mol. The molecule has 7 heteroatoms. The van der Waals surface area contributed by atoms with E-state index in [1.807, 2.05) is 0 Å². The minimum atomic E-state index is -3.43. The second-order valence-corrected chi connectivity index (χ2v) is 6.82. The van der Waals surface area contributed by atoms with E-state index in [1.54, 1.807) is 18.2 Å². The average Bonchev–Trinajstić information content (AvgIpc) is 2.93. The summed E-state index contributed by atoms with van der Waals surface area (Å²) in [7, 11) is -3.43. The molecule has 1 N–H and O–H groups in total. The predicted octanol–water partition coefficient (Wildman–Crippen LogP) is 1.80. The highest BCUT2D eigenvalue weighted by atomic mass is 79.9. The van der Waals surface area contributed by atoms with Crippen LogP contribution in [0.15, 0.2) is 29.2 Å². The van der Waals surface area contributed by atoms with Crippen LogP contribution in [0.4, 0.5) is 5.69 Å². The lowest BCUT2D eigenvalue weighted by Crippen LogP contribution is -2.27. The van der Waals surface area contributed by atoms with Gasteiger partial charge in [0.15, 0.2) is 0 Å². The van der Waals surface area contributed by atoms with Gasteiger partial charge in [0.1, 0.15) is 0 Å². The molecule has 19 heavy (non-hydrogen) atoms. The number of sulfonamides is 1. The van der Waals surface area contributed by atoms with E-state index >= 15 is 0 Å². The van der Waals surface area contributed by atoms with Gasteiger partial charge in [-0.25, -0.2) is 8.42 Å². The zero-order valence-electron chi connectivity index (χ0n) is 10.3. The van der Waals surface area contributed by atoms with Gasteiger partial charge in [0.05, 0.1) is 10.2 Å². The summed E-state index contributed by atoms with van der Waals surface area (Å²) in [4.78, 5) is 11.5. The van der Waals surface area contributed by atoms with Crippen molar-refractivity contribution >= 4 is 37.5 Å². The van der Waals surface area contributed by atoms with Crippen molar-refractivity contribution in [1.29, 1.82) is 0 Å². The van der Waals surface area contributed by atoms with Gasteiger partial charge in [0.25, 0.3) is 0 Å². The van der Waals surface area contributed by atoms with Gasteiger partial charge in [-0.05, 0) is 31.0 Å². The Morgan fingerprint density at radius 1 is 1.32 bits per heavy atom. The number of nitrogens with one attached hydrogen (secondary N) is 1. The van der Waals surface area contributed by atoms with E-state index in [9.17, 15) is 13.2 Å². The largest absolute Gasteiger partial charge is 0.325 e. The molecule has 5 nitrogen and oxygen atoms in total. The van der Waals surface area contributed by atoms with Crippen LogP contribution in [-0.2, 0) is 14.8 Å². The molecule has 1 saturated heterocycles. The van der Waals surface area contributed by atoms with Gasteiger partial charge in [-0.15, -0.1) is 0 Å². The van der Waals surface area contributed by atoms with E-state index in [1.165, 1.54) is 10.4 Å². The smallest absolute Gasteiger partial charge is 0.243 e. The van der Waals surface area contributed by atoms with Crippen LogP contribution in [0.25, 0.3) is 0 Å². The standard InChI is InChI=1S/C12H15BrN2O3S/c13-9-12(16)14-10-4-3-5-11(8-10)19(17,18)15-6-1-2-7-15/h3-5,8H,1-2,6-7,9H2,(H,14,16). The van der Waals surface area contributed by atoms with Crippen molar-refractivity contribution in [2.24, 2.45) is 0 Å². The van der Waals surface area contributed by atoms with Gasteiger partial charge in [-0.1, -0.05) is 22.0 Å². The third kappa shape index (κ3) is 3.34. The van der Waals surface area contributed by atoms with Gasteiger partial charge < -0.3 is 5.32 Å². The van der Waals surface area contributed by atoms with Gasteiger partial charge in [-0.3, -0.25) is 4.79 Å². The summed E-state index contributed by atoms with van der Waals surface area (Å²) < 4.78 is 26.2. The van der Waals surface area contributed by atoms with Crippen LogP contribution in [0.2, 0.25) is 0 Å². The van der Waals surface area contributed by atoms with Crippen LogP contribution >= 0.6 is 15.9 Å². The number of halogens is 1. The Morgan fingerprint density at radius 2 is 2.00 bits per heavy atom. The van der Waals surface area contributed by atoms with E-state index < -0.39 is 10.0 Å². The molecule has 0 aromatic heterocycles. The summed E-state index contributed by atoms with van der Waals surface area (Å²) >= 11 is 3.05. The number of hydrogen-bond acceptors (Lipinski definition) is 3. The molecule has 104 valence electrons. The zero-order chi connectivity index (χ0) is 13.9. The molecule has 0 saturated carbocycles. The number of amides is 1. The first-order chi connectivity index (χ1) is 9.04. The van der Waals surface area contributed by atoms with Crippen molar-refractivity contribution < 1.29 is 13.2 Å². The third-order valence-electron chi connectivity index (χ3n) is 2.94. The first-order valence-corrected chi connectivity index (χ1v) is 8.56. The van der Waals surface area contributed by atoms with Crippen LogP contribution in [0.1, 0.15) is 12.8 Å². The lowest BCUT2D eigenvalue weighted by atomic mass is 10.3. The number of anilines is 1. The molecule has 1 aliphatic rings. The van der Waals surface area contributed by atoms with E-state index in [4.69, 9.17) is 0 Å². The van der Waals surface area contributed by atoms with Crippen LogP contribution in [0.5, 0.6) is 0 Å². The molecule has 1 aromatic carbocycles. The van der Waals surface area contributed by atoms with Crippen molar-refractivity contribution in [3.05, 3.63) is 24.3 Å².